The first kappa shape index (κ1) is 22.2. The van der Waals surface area contributed by atoms with Gasteiger partial charge in [-0.2, -0.15) is 0 Å². The number of likely N-dealkylation sites (N-methyl/N-ethyl adjacent to an activating group) is 1. The fourth-order valence-corrected chi connectivity index (χ4v) is 3.50. The second-order valence-corrected chi connectivity index (χ2v) is 7.00. The van der Waals surface area contributed by atoms with Gasteiger partial charge in [0.2, 0.25) is 5.91 Å². The van der Waals surface area contributed by atoms with Crippen molar-refractivity contribution in [3.63, 3.8) is 0 Å². The van der Waals surface area contributed by atoms with Crippen molar-refractivity contribution in [3.05, 3.63) is 54.4 Å². The number of anilines is 1. The lowest BCUT2D eigenvalue weighted by Crippen LogP contribution is -2.49. The molecule has 0 bridgehead atoms. The molecular formula is C21H23N5O4S. The first-order valence-corrected chi connectivity index (χ1v) is 10.2. The lowest BCUT2D eigenvalue weighted by Gasteiger charge is -2.24. The van der Waals surface area contributed by atoms with Crippen molar-refractivity contribution in [3.8, 4) is 5.75 Å². The maximum absolute atomic E-state index is 12.8. The number of aromatic nitrogens is 1. The number of carbonyl (C=O) groups is 3. The number of carbonyl (C=O) groups excluding carboxylic acids is 3. The Balaban J connectivity index is 1.71. The topological polar surface area (TPSA) is 104 Å². The van der Waals surface area contributed by atoms with E-state index in [1.807, 2.05) is 6.92 Å². The van der Waals surface area contributed by atoms with Crippen LogP contribution in [-0.4, -0.2) is 56.9 Å². The summed E-state index contributed by atoms with van der Waals surface area (Å²) in [5, 5.41) is 4.18. The Morgan fingerprint density at radius 1 is 1.13 bits per heavy atom. The quantitative estimate of drug-likeness (QED) is 0.604. The van der Waals surface area contributed by atoms with Crippen LogP contribution in [0.15, 0.2) is 48.8 Å². The van der Waals surface area contributed by atoms with Gasteiger partial charge in [-0.3, -0.25) is 29.7 Å². The van der Waals surface area contributed by atoms with Crippen LogP contribution in [-0.2, 0) is 9.59 Å². The van der Waals surface area contributed by atoms with Crippen LogP contribution in [0.3, 0.4) is 0 Å². The largest absolute Gasteiger partial charge is 0.494 e. The minimum Gasteiger partial charge on any atom is -0.494 e. The van der Waals surface area contributed by atoms with Gasteiger partial charge in [0, 0.05) is 30.2 Å². The van der Waals surface area contributed by atoms with Gasteiger partial charge >= 0.3 is 0 Å². The summed E-state index contributed by atoms with van der Waals surface area (Å²) in [6, 6.07) is 9.06. The lowest BCUT2D eigenvalue weighted by atomic mass is 10.2. The number of pyridine rings is 1. The normalized spacial score (nSPS) is 15.7. The lowest BCUT2D eigenvalue weighted by molar-refractivity contribution is -0.130. The van der Waals surface area contributed by atoms with Gasteiger partial charge in [0.05, 0.1) is 13.0 Å². The molecule has 1 atom stereocenters. The molecule has 1 aromatic carbocycles. The molecule has 0 spiro atoms. The summed E-state index contributed by atoms with van der Waals surface area (Å²) in [7, 11) is 0. The van der Waals surface area contributed by atoms with Gasteiger partial charge in [-0.05, 0) is 62.5 Å². The highest BCUT2D eigenvalue weighted by atomic mass is 32.1. The minimum atomic E-state index is -0.944. The molecule has 2 heterocycles. The van der Waals surface area contributed by atoms with Crippen LogP contribution in [0.1, 0.15) is 30.6 Å². The third-order valence-electron chi connectivity index (χ3n) is 4.61. The van der Waals surface area contributed by atoms with Crippen molar-refractivity contribution in [2.45, 2.75) is 26.3 Å². The molecule has 3 rings (SSSR count). The Kier molecular flexibility index (Phi) is 7.14. The molecule has 3 amide bonds. The van der Waals surface area contributed by atoms with E-state index in [1.165, 1.54) is 22.3 Å². The Morgan fingerprint density at radius 3 is 2.42 bits per heavy atom. The van der Waals surface area contributed by atoms with Gasteiger partial charge in [-0.25, -0.2) is 5.01 Å². The van der Waals surface area contributed by atoms with Gasteiger partial charge in [0.15, 0.2) is 5.11 Å². The molecule has 0 radical (unpaired) electrons. The summed E-state index contributed by atoms with van der Waals surface area (Å²) < 4.78 is 5.38. The zero-order chi connectivity index (χ0) is 22.4. The Morgan fingerprint density at radius 2 is 1.81 bits per heavy atom. The van der Waals surface area contributed by atoms with Crippen molar-refractivity contribution in [2.24, 2.45) is 0 Å². The van der Waals surface area contributed by atoms with Crippen LogP contribution in [0.2, 0.25) is 0 Å². The number of nitrogens with one attached hydrogen (secondary N) is 2. The van der Waals surface area contributed by atoms with Crippen molar-refractivity contribution < 1.29 is 19.1 Å². The van der Waals surface area contributed by atoms with Crippen LogP contribution >= 0.6 is 12.2 Å². The molecule has 1 saturated heterocycles. The molecule has 0 aliphatic carbocycles. The van der Waals surface area contributed by atoms with Crippen LogP contribution in [0.4, 0.5) is 5.69 Å². The van der Waals surface area contributed by atoms with E-state index in [2.05, 4.69) is 15.7 Å². The maximum Gasteiger partial charge on any atom is 0.269 e. The molecule has 1 aromatic heterocycles. The SMILES string of the molecule is CCOc1ccc(NC(=O)C[C@H]2C(=O)N(CC)C(=S)N2NC(=O)c2ccncc2)cc1. The van der Waals surface area contributed by atoms with E-state index in [0.717, 1.165) is 0 Å². The van der Waals surface area contributed by atoms with Crippen LogP contribution < -0.4 is 15.5 Å². The van der Waals surface area contributed by atoms with Gasteiger partial charge in [-0.1, -0.05) is 0 Å². The highest BCUT2D eigenvalue weighted by molar-refractivity contribution is 7.80. The van der Waals surface area contributed by atoms with Gasteiger partial charge < -0.3 is 10.1 Å². The molecule has 9 nitrogen and oxygen atoms in total. The number of hydrazine groups is 1. The van der Waals surface area contributed by atoms with E-state index in [-0.39, 0.29) is 23.3 Å². The number of amides is 3. The maximum atomic E-state index is 12.8. The fourth-order valence-electron chi connectivity index (χ4n) is 3.11. The van der Waals surface area contributed by atoms with E-state index < -0.39 is 11.9 Å². The van der Waals surface area contributed by atoms with Crippen molar-refractivity contribution in [1.82, 2.24) is 20.3 Å². The fraction of sp³-hybridized carbons (Fsp3) is 0.286. The molecule has 1 fully saturated rings. The van der Waals surface area contributed by atoms with Crippen molar-refractivity contribution in [1.29, 1.82) is 0 Å². The number of nitrogens with zero attached hydrogens (tertiary/aromatic N) is 3. The first-order chi connectivity index (χ1) is 14.9. The summed E-state index contributed by atoms with van der Waals surface area (Å²) in [5.41, 5.74) is 3.58. The van der Waals surface area contributed by atoms with E-state index in [4.69, 9.17) is 17.0 Å². The highest BCUT2D eigenvalue weighted by Gasteiger charge is 2.43. The van der Waals surface area contributed by atoms with E-state index in [9.17, 15) is 14.4 Å². The van der Waals surface area contributed by atoms with Gasteiger partial charge in [0.25, 0.3) is 11.8 Å². The Labute approximate surface area is 185 Å². The molecule has 0 unspecified atom stereocenters. The van der Waals surface area contributed by atoms with E-state index in [1.54, 1.807) is 43.3 Å². The van der Waals surface area contributed by atoms with Gasteiger partial charge in [0.1, 0.15) is 11.8 Å². The molecule has 162 valence electrons. The predicted octanol–water partition coefficient (Wildman–Crippen LogP) is 1.97. The zero-order valence-electron chi connectivity index (χ0n) is 17.2. The van der Waals surface area contributed by atoms with Gasteiger partial charge in [-0.15, -0.1) is 0 Å². The highest BCUT2D eigenvalue weighted by Crippen LogP contribution is 2.21. The molecule has 1 aliphatic heterocycles. The number of ether oxygens (including phenoxy) is 1. The van der Waals surface area contributed by atoms with Crippen LogP contribution in [0, 0.1) is 0 Å². The summed E-state index contributed by atoms with van der Waals surface area (Å²) >= 11 is 5.36. The standard InChI is InChI=1S/C21H23N5O4S/c1-3-25-20(29)17(13-18(27)23-15-5-7-16(8-6-15)30-4-2)26(21(25)31)24-19(28)14-9-11-22-12-10-14/h5-12,17H,3-4,13H2,1-2H3,(H,23,27)(H,24,28)/t17-/m0/s1. The number of benzene rings is 1. The smallest absolute Gasteiger partial charge is 0.269 e. The second kappa shape index (κ2) is 9.98. The number of hydrogen-bond donors (Lipinski definition) is 2. The van der Waals surface area contributed by atoms with E-state index in [0.29, 0.717) is 30.2 Å². The summed E-state index contributed by atoms with van der Waals surface area (Å²) in [6.07, 6.45) is 2.80. The first-order valence-electron chi connectivity index (χ1n) is 9.82. The molecule has 2 N–H and O–H groups in total. The third kappa shape index (κ3) is 5.15. The number of hydrogen-bond acceptors (Lipinski definition) is 6. The van der Waals surface area contributed by atoms with Crippen LogP contribution in [0.5, 0.6) is 5.75 Å². The Hall–Kier alpha value is -3.53. The monoisotopic (exact) mass is 441 g/mol. The zero-order valence-corrected chi connectivity index (χ0v) is 18.0. The third-order valence-corrected chi connectivity index (χ3v) is 5.03. The predicted molar refractivity (Wildman–Crippen MR) is 118 cm³/mol. The van der Waals surface area contributed by atoms with E-state index >= 15 is 0 Å². The van der Waals surface area contributed by atoms with Crippen LogP contribution in [0.25, 0.3) is 0 Å². The molecule has 2 aromatic rings. The average Bonchev–Trinajstić information content (AvgIpc) is 2.99. The summed E-state index contributed by atoms with van der Waals surface area (Å²) in [5.74, 6) is -0.483. The molecule has 1 aliphatic rings. The summed E-state index contributed by atoms with van der Waals surface area (Å²) in [6.45, 7) is 4.54. The summed E-state index contributed by atoms with van der Waals surface area (Å²) in [4.78, 5) is 43.3. The average molecular weight is 442 g/mol. The minimum absolute atomic E-state index is 0.147. The van der Waals surface area contributed by atoms with Crippen molar-refractivity contribution in [2.75, 3.05) is 18.5 Å². The Bertz CT molecular complexity index is 967. The molecule has 0 saturated carbocycles. The molecular weight excluding hydrogens is 418 g/mol. The number of thiocarbonyl (C=S) groups is 1. The van der Waals surface area contributed by atoms with Crippen molar-refractivity contribution >= 4 is 40.7 Å². The molecule has 10 heteroatoms. The molecule has 31 heavy (non-hydrogen) atoms. The number of rotatable bonds is 8. The second-order valence-electron chi connectivity index (χ2n) is 6.64.